The number of amides is 2. The SMILES string of the molecule is CC(C)c1ccc(CCNC(=O)OC(C)(C)C)c(NC(=O)C(=O)[O-])c1. The van der Waals surface area contributed by atoms with Crippen LogP contribution < -0.4 is 15.7 Å². The average Bonchev–Trinajstić information content (AvgIpc) is 2.46. The molecule has 7 heteroatoms. The predicted molar refractivity (Wildman–Crippen MR) is 92.1 cm³/mol. The topological polar surface area (TPSA) is 108 Å². The lowest BCUT2D eigenvalue weighted by Crippen LogP contribution is -2.36. The number of carboxylic acids is 1. The van der Waals surface area contributed by atoms with Crippen LogP contribution in [-0.2, 0) is 20.7 Å². The molecule has 25 heavy (non-hydrogen) atoms. The highest BCUT2D eigenvalue weighted by molar-refractivity contribution is 6.35. The first-order chi connectivity index (χ1) is 11.5. The number of nitrogens with one attached hydrogen (secondary N) is 2. The molecule has 0 unspecified atom stereocenters. The Kier molecular flexibility index (Phi) is 6.97. The van der Waals surface area contributed by atoms with Gasteiger partial charge in [-0.05, 0) is 50.3 Å². The molecule has 0 heterocycles. The minimum Gasteiger partial charge on any atom is -0.540 e. The molecule has 0 saturated heterocycles. The Morgan fingerprint density at radius 1 is 1.20 bits per heavy atom. The smallest absolute Gasteiger partial charge is 0.407 e. The fourth-order valence-electron chi connectivity index (χ4n) is 2.07. The number of ether oxygens (including phenoxy) is 1. The lowest BCUT2D eigenvalue weighted by atomic mass is 9.99. The molecule has 0 aliphatic rings. The molecular weight excluding hydrogens is 324 g/mol. The fourth-order valence-corrected chi connectivity index (χ4v) is 2.07. The van der Waals surface area contributed by atoms with Crippen molar-refractivity contribution in [2.24, 2.45) is 0 Å². The summed E-state index contributed by atoms with van der Waals surface area (Å²) in [6, 6.07) is 5.44. The summed E-state index contributed by atoms with van der Waals surface area (Å²) < 4.78 is 5.15. The molecule has 138 valence electrons. The van der Waals surface area contributed by atoms with Crippen molar-refractivity contribution in [1.82, 2.24) is 5.32 Å². The van der Waals surface area contributed by atoms with Crippen molar-refractivity contribution < 1.29 is 24.2 Å². The van der Waals surface area contributed by atoms with Crippen LogP contribution in [0.25, 0.3) is 0 Å². The molecule has 2 amide bonds. The van der Waals surface area contributed by atoms with Crippen molar-refractivity contribution in [2.45, 2.75) is 52.6 Å². The van der Waals surface area contributed by atoms with Gasteiger partial charge < -0.3 is 25.3 Å². The molecule has 1 rings (SSSR count). The quantitative estimate of drug-likeness (QED) is 0.785. The van der Waals surface area contributed by atoms with Gasteiger partial charge >= 0.3 is 6.09 Å². The van der Waals surface area contributed by atoms with Gasteiger partial charge in [-0.25, -0.2) is 4.79 Å². The Hall–Kier alpha value is -2.57. The van der Waals surface area contributed by atoms with Crippen LogP contribution in [0.1, 0.15) is 51.7 Å². The number of hydrogen-bond donors (Lipinski definition) is 2. The minimum atomic E-state index is -1.80. The Morgan fingerprint density at radius 3 is 2.36 bits per heavy atom. The molecule has 2 N–H and O–H groups in total. The molecule has 7 nitrogen and oxygen atoms in total. The molecule has 0 spiro atoms. The van der Waals surface area contributed by atoms with Crippen LogP contribution in [0.3, 0.4) is 0 Å². The second-order valence-electron chi connectivity index (χ2n) is 6.99. The van der Waals surface area contributed by atoms with Gasteiger partial charge in [-0.15, -0.1) is 0 Å². The largest absolute Gasteiger partial charge is 0.540 e. The number of carbonyl (C=O) groups is 3. The molecule has 0 radical (unpaired) electrons. The number of carboxylic acid groups (broad SMARTS) is 1. The van der Waals surface area contributed by atoms with Crippen LogP contribution in [0.4, 0.5) is 10.5 Å². The van der Waals surface area contributed by atoms with E-state index in [0.717, 1.165) is 5.56 Å². The summed E-state index contributed by atoms with van der Waals surface area (Å²) in [6.45, 7) is 9.57. The highest BCUT2D eigenvalue weighted by Crippen LogP contribution is 2.23. The van der Waals surface area contributed by atoms with Crippen LogP contribution >= 0.6 is 0 Å². The van der Waals surface area contributed by atoms with E-state index in [9.17, 15) is 19.5 Å². The van der Waals surface area contributed by atoms with Gasteiger partial charge in [0.15, 0.2) is 0 Å². The van der Waals surface area contributed by atoms with Crippen molar-refractivity contribution in [3.05, 3.63) is 29.3 Å². The third kappa shape index (κ3) is 7.24. The summed E-state index contributed by atoms with van der Waals surface area (Å²) >= 11 is 0. The van der Waals surface area contributed by atoms with Crippen LogP contribution in [0.2, 0.25) is 0 Å². The van der Waals surface area contributed by atoms with E-state index >= 15 is 0 Å². The normalized spacial score (nSPS) is 11.1. The summed E-state index contributed by atoms with van der Waals surface area (Å²) in [5.41, 5.74) is 1.47. The summed E-state index contributed by atoms with van der Waals surface area (Å²) in [4.78, 5) is 33.7. The van der Waals surface area contributed by atoms with Gasteiger partial charge in [0, 0.05) is 12.2 Å². The van der Waals surface area contributed by atoms with E-state index in [1.807, 2.05) is 19.9 Å². The zero-order chi connectivity index (χ0) is 19.2. The zero-order valence-electron chi connectivity index (χ0n) is 15.3. The van der Waals surface area contributed by atoms with Gasteiger partial charge in [-0.2, -0.15) is 0 Å². The number of aliphatic carboxylic acids is 1. The average molecular weight is 349 g/mol. The number of alkyl carbamates (subject to hydrolysis) is 1. The van der Waals surface area contributed by atoms with E-state index in [4.69, 9.17) is 4.74 Å². The second kappa shape index (κ2) is 8.50. The molecule has 0 aliphatic heterocycles. The second-order valence-corrected chi connectivity index (χ2v) is 6.99. The fraction of sp³-hybridized carbons (Fsp3) is 0.500. The van der Waals surface area contributed by atoms with Crippen LogP contribution in [0, 0.1) is 0 Å². The molecular formula is C18H25N2O5-. The molecule has 1 aromatic rings. The van der Waals surface area contributed by atoms with Crippen LogP contribution in [0.15, 0.2) is 18.2 Å². The van der Waals surface area contributed by atoms with Crippen molar-refractivity contribution >= 4 is 23.7 Å². The van der Waals surface area contributed by atoms with E-state index in [-0.39, 0.29) is 12.5 Å². The first kappa shape index (κ1) is 20.5. The van der Waals surface area contributed by atoms with E-state index in [1.54, 1.807) is 32.9 Å². The molecule has 0 aliphatic carbocycles. The maximum atomic E-state index is 11.7. The monoisotopic (exact) mass is 349 g/mol. The predicted octanol–water partition coefficient (Wildman–Crippen LogP) is 1.57. The van der Waals surface area contributed by atoms with E-state index in [0.29, 0.717) is 17.7 Å². The molecule has 0 bridgehead atoms. The maximum Gasteiger partial charge on any atom is 0.407 e. The van der Waals surface area contributed by atoms with Crippen molar-refractivity contribution in [3.63, 3.8) is 0 Å². The van der Waals surface area contributed by atoms with E-state index in [2.05, 4.69) is 10.6 Å². The molecule has 0 saturated carbocycles. The molecule has 1 aromatic carbocycles. The van der Waals surface area contributed by atoms with Gasteiger partial charge in [0.2, 0.25) is 0 Å². The Morgan fingerprint density at radius 2 is 1.84 bits per heavy atom. The van der Waals surface area contributed by atoms with Crippen LogP contribution in [-0.4, -0.2) is 30.1 Å². The van der Waals surface area contributed by atoms with Crippen molar-refractivity contribution in [2.75, 3.05) is 11.9 Å². The lowest BCUT2D eigenvalue weighted by molar-refractivity contribution is -0.299. The first-order valence-corrected chi connectivity index (χ1v) is 8.11. The van der Waals surface area contributed by atoms with Crippen LogP contribution in [0.5, 0.6) is 0 Å². The standard InChI is InChI=1S/C18H26N2O5/c1-11(2)13-7-6-12(14(10-13)20-15(21)16(22)23)8-9-19-17(24)25-18(3,4)5/h6-7,10-11H,8-9H2,1-5H3,(H,19,24)(H,20,21)(H,22,23)/p-1. The number of carbonyl (C=O) groups excluding carboxylic acids is 3. The summed E-state index contributed by atoms with van der Waals surface area (Å²) in [5.74, 6) is -2.79. The third-order valence-electron chi connectivity index (χ3n) is 3.30. The number of rotatable bonds is 5. The first-order valence-electron chi connectivity index (χ1n) is 8.11. The number of anilines is 1. The maximum absolute atomic E-state index is 11.7. The molecule has 0 fully saturated rings. The highest BCUT2D eigenvalue weighted by Gasteiger charge is 2.16. The summed E-state index contributed by atoms with van der Waals surface area (Å²) in [7, 11) is 0. The minimum absolute atomic E-state index is 0.215. The number of benzene rings is 1. The Balaban J connectivity index is 2.82. The Labute approximate surface area is 147 Å². The van der Waals surface area contributed by atoms with Gasteiger partial charge in [0.25, 0.3) is 5.91 Å². The third-order valence-corrected chi connectivity index (χ3v) is 3.30. The van der Waals surface area contributed by atoms with Gasteiger partial charge in [-0.3, -0.25) is 4.79 Å². The summed E-state index contributed by atoms with van der Waals surface area (Å²) in [5, 5.41) is 15.6. The number of hydrogen-bond acceptors (Lipinski definition) is 5. The highest BCUT2D eigenvalue weighted by atomic mass is 16.6. The van der Waals surface area contributed by atoms with Gasteiger partial charge in [0.05, 0.1) is 0 Å². The van der Waals surface area contributed by atoms with E-state index < -0.39 is 23.6 Å². The summed E-state index contributed by atoms with van der Waals surface area (Å²) in [6.07, 6.45) is -0.132. The molecule has 0 atom stereocenters. The van der Waals surface area contributed by atoms with Crippen molar-refractivity contribution in [3.8, 4) is 0 Å². The van der Waals surface area contributed by atoms with Crippen molar-refractivity contribution in [1.29, 1.82) is 0 Å². The molecule has 0 aromatic heterocycles. The zero-order valence-corrected chi connectivity index (χ0v) is 15.3. The van der Waals surface area contributed by atoms with Gasteiger partial charge in [-0.1, -0.05) is 26.0 Å². The lowest BCUT2D eigenvalue weighted by Gasteiger charge is -2.20. The van der Waals surface area contributed by atoms with E-state index in [1.165, 1.54) is 0 Å². The van der Waals surface area contributed by atoms with Gasteiger partial charge in [0.1, 0.15) is 11.6 Å². The Bertz CT molecular complexity index is 647.